The SMILES string of the molecule is COc1c(F)cc(CNC(C)C)cc1F. The first-order chi connectivity index (χ1) is 7.04. The van der Waals surface area contributed by atoms with Crippen LogP contribution in [0.5, 0.6) is 5.75 Å². The van der Waals surface area contributed by atoms with Crippen molar-refractivity contribution in [1.29, 1.82) is 0 Å². The van der Waals surface area contributed by atoms with E-state index in [1.807, 2.05) is 13.8 Å². The van der Waals surface area contributed by atoms with Crippen LogP contribution >= 0.6 is 0 Å². The summed E-state index contributed by atoms with van der Waals surface area (Å²) in [7, 11) is 1.24. The van der Waals surface area contributed by atoms with Gasteiger partial charge in [-0.3, -0.25) is 0 Å². The van der Waals surface area contributed by atoms with Crippen LogP contribution < -0.4 is 10.1 Å². The summed E-state index contributed by atoms with van der Waals surface area (Å²) in [6.45, 7) is 4.38. The zero-order valence-corrected chi connectivity index (χ0v) is 9.10. The minimum Gasteiger partial charge on any atom is -0.491 e. The van der Waals surface area contributed by atoms with Crippen LogP contribution in [0, 0.1) is 11.6 Å². The van der Waals surface area contributed by atoms with Gasteiger partial charge < -0.3 is 10.1 Å². The van der Waals surface area contributed by atoms with Crippen LogP contribution in [0.1, 0.15) is 19.4 Å². The Morgan fingerprint density at radius 3 is 2.20 bits per heavy atom. The maximum Gasteiger partial charge on any atom is 0.190 e. The summed E-state index contributed by atoms with van der Waals surface area (Å²) >= 11 is 0. The van der Waals surface area contributed by atoms with Crippen molar-refractivity contribution in [3.8, 4) is 5.75 Å². The van der Waals surface area contributed by atoms with E-state index < -0.39 is 11.6 Å². The van der Waals surface area contributed by atoms with Crippen molar-refractivity contribution in [2.24, 2.45) is 0 Å². The number of benzene rings is 1. The van der Waals surface area contributed by atoms with Crippen molar-refractivity contribution in [3.05, 3.63) is 29.3 Å². The number of hydrogen-bond donors (Lipinski definition) is 1. The average Bonchev–Trinajstić information content (AvgIpc) is 2.14. The molecule has 0 aliphatic rings. The first-order valence-electron chi connectivity index (χ1n) is 4.80. The summed E-state index contributed by atoms with van der Waals surface area (Å²) in [5.41, 5.74) is 0.569. The molecule has 1 N–H and O–H groups in total. The molecule has 0 radical (unpaired) electrons. The molecule has 0 amide bonds. The van der Waals surface area contributed by atoms with Crippen molar-refractivity contribution in [2.45, 2.75) is 26.4 Å². The summed E-state index contributed by atoms with van der Waals surface area (Å²) in [4.78, 5) is 0. The fraction of sp³-hybridized carbons (Fsp3) is 0.455. The van der Waals surface area contributed by atoms with Crippen LogP contribution in [-0.2, 0) is 6.54 Å². The fourth-order valence-electron chi connectivity index (χ4n) is 1.23. The molecule has 0 aliphatic heterocycles. The molecule has 0 aromatic heterocycles. The third-order valence-electron chi connectivity index (χ3n) is 1.98. The normalized spacial score (nSPS) is 10.8. The Morgan fingerprint density at radius 2 is 1.80 bits per heavy atom. The van der Waals surface area contributed by atoms with Crippen molar-refractivity contribution in [3.63, 3.8) is 0 Å². The third kappa shape index (κ3) is 3.16. The van der Waals surface area contributed by atoms with Gasteiger partial charge in [0.25, 0.3) is 0 Å². The summed E-state index contributed by atoms with van der Waals surface area (Å²) < 4.78 is 31.1. The van der Waals surface area contributed by atoms with Crippen LogP contribution in [0.15, 0.2) is 12.1 Å². The molecule has 0 bridgehead atoms. The molecule has 84 valence electrons. The largest absolute Gasteiger partial charge is 0.491 e. The van der Waals surface area contributed by atoms with E-state index in [1.54, 1.807) is 0 Å². The van der Waals surface area contributed by atoms with E-state index in [4.69, 9.17) is 0 Å². The molecule has 0 saturated carbocycles. The van der Waals surface area contributed by atoms with Crippen LogP contribution in [0.25, 0.3) is 0 Å². The molecule has 0 spiro atoms. The number of nitrogens with one attached hydrogen (secondary N) is 1. The molecule has 1 aromatic carbocycles. The average molecular weight is 215 g/mol. The summed E-state index contributed by atoms with van der Waals surface area (Å²) in [6, 6.07) is 2.83. The monoisotopic (exact) mass is 215 g/mol. The van der Waals surface area contributed by atoms with Gasteiger partial charge in [0.05, 0.1) is 7.11 Å². The first-order valence-corrected chi connectivity index (χ1v) is 4.80. The summed E-state index contributed by atoms with van der Waals surface area (Å²) in [5.74, 6) is -1.67. The number of halogens is 2. The highest BCUT2D eigenvalue weighted by Gasteiger charge is 2.11. The van der Waals surface area contributed by atoms with E-state index in [1.165, 1.54) is 19.2 Å². The molecule has 0 heterocycles. The molecule has 0 atom stereocenters. The van der Waals surface area contributed by atoms with Gasteiger partial charge in [0.1, 0.15) is 0 Å². The highest BCUT2D eigenvalue weighted by atomic mass is 19.1. The van der Waals surface area contributed by atoms with Crippen LogP contribution in [0.4, 0.5) is 8.78 Å². The lowest BCUT2D eigenvalue weighted by Crippen LogP contribution is -2.22. The lowest BCUT2D eigenvalue weighted by Gasteiger charge is -2.10. The van der Waals surface area contributed by atoms with Gasteiger partial charge in [-0.1, -0.05) is 13.8 Å². The molecule has 0 aliphatic carbocycles. The molecule has 1 rings (SSSR count). The lowest BCUT2D eigenvalue weighted by atomic mass is 10.2. The fourth-order valence-corrected chi connectivity index (χ4v) is 1.23. The third-order valence-corrected chi connectivity index (χ3v) is 1.98. The zero-order chi connectivity index (χ0) is 11.4. The van der Waals surface area contributed by atoms with Crippen molar-refractivity contribution in [1.82, 2.24) is 5.32 Å². The van der Waals surface area contributed by atoms with E-state index in [-0.39, 0.29) is 11.8 Å². The van der Waals surface area contributed by atoms with Gasteiger partial charge in [-0.25, -0.2) is 8.78 Å². The summed E-state index contributed by atoms with van der Waals surface area (Å²) in [5, 5.41) is 3.08. The zero-order valence-electron chi connectivity index (χ0n) is 9.10. The van der Waals surface area contributed by atoms with E-state index in [9.17, 15) is 8.78 Å². The van der Waals surface area contributed by atoms with E-state index in [0.29, 0.717) is 12.1 Å². The second-order valence-corrected chi connectivity index (χ2v) is 3.63. The molecule has 1 aromatic rings. The summed E-state index contributed by atoms with van der Waals surface area (Å²) in [6.07, 6.45) is 0. The Morgan fingerprint density at radius 1 is 1.27 bits per heavy atom. The van der Waals surface area contributed by atoms with Gasteiger partial charge in [0.2, 0.25) is 0 Å². The molecule has 0 fully saturated rings. The second-order valence-electron chi connectivity index (χ2n) is 3.63. The maximum absolute atomic E-state index is 13.2. The van der Waals surface area contributed by atoms with Crippen molar-refractivity contribution >= 4 is 0 Å². The first kappa shape index (κ1) is 11.9. The Kier molecular flexibility index (Phi) is 4.03. The van der Waals surface area contributed by atoms with Crippen LogP contribution in [0.2, 0.25) is 0 Å². The molecular formula is C11H15F2NO. The van der Waals surface area contributed by atoms with Crippen molar-refractivity contribution in [2.75, 3.05) is 7.11 Å². The van der Waals surface area contributed by atoms with E-state index in [2.05, 4.69) is 10.1 Å². The number of rotatable bonds is 4. The number of methoxy groups -OCH3 is 1. The Labute approximate surface area is 88.3 Å². The molecular weight excluding hydrogens is 200 g/mol. The number of ether oxygens (including phenoxy) is 1. The minimum atomic E-state index is -0.668. The van der Waals surface area contributed by atoms with Crippen LogP contribution in [-0.4, -0.2) is 13.2 Å². The van der Waals surface area contributed by atoms with E-state index >= 15 is 0 Å². The van der Waals surface area contributed by atoms with Gasteiger partial charge in [-0.15, -0.1) is 0 Å². The van der Waals surface area contributed by atoms with Crippen LogP contribution in [0.3, 0.4) is 0 Å². The van der Waals surface area contributed by atoms with Crippen molar-refractivity contribution < 1.29 is 13.5 Å². The molecule has 2 nitrogen and oxygen atoms in total. The number of hydrogen-bond acceptors (Lipinski definition) is 2. The van der Waals surface area contributed by atoms with Gasteiger partial charge in [-0.05, 0) is 17.7 Å². The predicted molar refractivity (Wildman–Crippen MR) is 54.9 cm³/mol. The molecule has 15 heavy (non-hydrogen) atoms. The Hall–Kier alpha value is -1.16. The van der Waals surface area contributed by atoms with Gasteiger partial charge in [-0.2, -0.15) is 0 Å². The topological polar surface area (TPSA) is 21.3 Å². The predicted octanol–water partition coefficient (Wildman–Crippen LogP) is 2.47. The molecule has 0 saturated heterocycles. The second kappa shape index (κ2) is 5.07. The lowest BCUT2D eigenvalue weighted by molar-refractivity contribution is 0.359. The van der Waals surface area contributed by atoms with Gasteiger partial charge in [0, 0.05) is 12.6 Å². The van der Waals surface area contributed by atoms with E-state index in [0.717, 1.165) is 0 Å². The standard InChI is InChI=1S/C11H15F2NO/c1-7(2)14-6-8-4-9(12)11(15-3)10(13)5-8/h4-5,7,14H,6H2,1-3H3. The highest BCUT2D eigenvalue weighted by molar-refractivity contribution is 5.31. The Bertz CT molecular complexity index is 316. The minimum absolute atomic E-state index is 0.276. The Balaban J connectivity index is 2.84. The smallest absolute Gasteiger partial charge is 0.190 e. The molecule has 0 unspecified atom stereocenters. The van der Waals surface area contributed by atoms with Gasteiger partial charge in [0.15, 0.2) is 17.4 Å². The quantitative estimate of drug-likeness (QED) is 0.833. The maximum atomic E-state index is 13.2. The highest BCUT2D eigenvalue weighted by Crippen LogP contribution is 2.22. The van der Waals surface area contributed by atoms with Gasteiger partial charge >= 0.3 is 0 Å². The molecule has 4 heteroatoms.